The maximum Gasteiger partial charge on any atom is 0.264 e. The highest BCUT2D eigenvalue weighted by atomic mass is 32.2. The molecule has 0 radical (unpaired) electrons. The van der Waals surface area contributed by atoms with E-state index in [4.69, 9.17) is 10.6 Å². The van der Waals surface area contributed by atoms with Crippen molar-refractivity contribution in [1.29, 1.82) is 0 Å². The van der Waals surface area contributed by atoms with Crippen molar-refractivity contribution in [3.8, 4) is 12.3 Å². The van der Waals surface area contributed by atoms with Crippen molar-refractivity contribution in [2.24, 2.45) is 0 Å². The number of terminal acetylenes is 1. The van der Waals surface area contributed by atoms with Gasteiger partial charge in [0.2, 0.25) is 0 Å². The standard InChI is InChI=1S/C11H11N3O3S/c1-4-9-5-6-11-12-8(2)10(14(11)13-9)7-17-18(3,15)16/h1,5-6H,7H2,2-3H3. The van der Waals surface area contributed by atoms with Crippen molar-refractivity contribution in [3.05, 3.63) is 29.2 Å². The average Bonchev–Trinajstić information content (AvgIpc) is 2.60. The predicted octanol–water partition coefficient (Wildman–Crippen LogP) is 0.495. The molecule has 0 saturated heterocycles. The zero-order valence-corrected chi connectivity index (χ0v) is 10.7. The van der Waals surface area contributed by atoms with Gasteiger partial charge in [0.15, 0.2) is 5.65 Å². The fraction of sp³-hybridized carbons (Fsp3) is 0.273. The highest BCUT2D eigenvalue weighted by Gasteiger charge is 2.13. The first-order valence-corrected chi connectivity index (χ1v) is 6.88. The van der Waals surface area contributed by atoms with E-state index in [2.05, 4.69) is 16.0 Å². The Balaban J connectivity index is 2.49. The number of hydrogen-bond acceptors (Lipinski definition) is 5. The van der Waals surface area contributed by atoms with Gasteiger partial charge in [-0.25, -0.2) is 9.50 Å². The Morgan fingerprint density at radius 2 is 2.22 bits per heavy atom. The van der Waals surface area contributed by atoms with Crippen LogP contribution in [0, 0.1) is 19.3 Å². The van der Waals surface area contributed by atoms with Crippen LogP contribution in [-0.2, 0) is 20.9 Å². The fourth-order valence-electron chi connectivity index (χ4n) is 1.49. The summed E-state index contributed by atoms with van der Waals surface area (Å²) in [6.45, 7) is 1.64. The number of aryl methyl sites for hydroxylation is 1. The lowest BCUT2D eigenvalue weighted by atomic mass is 10.4. The van der Waals surface area contributed by atoms with Gasteiger partial charge in [0.1, 0.15) is 12.3 Å². The van der Waals surface area contributed by atoms with Crippen LogP contribution < -0.4 is 0 Å². The second kappa shape index (κ2) is 4.40. The normalized spacial score (nSPS) is 11.6. The topological polar surface area (TPSA) is 73.6 Å². The molecule has 2 heterocycles. The van der Waals surface area contributed by atoms with E-state index < -0.39 is 10.1 Å². The van der Waals surface area contributed by atoms with Crippen molar-refractivity contribution >= 4 is 15.8 Å². The number of imidazole rings is 1. The van der Waals surface area contributed by atoms with E-state index in [-0.39, 0.29) is 6.61 Å². The summed E-state index contributed by atoms with van der Waals surface area (Å²) in [7, 11) is -3.51. The lowest BCUT2D eigenvalue weighted by molar-refractivity contribution is 0.303. The molecular weight excluding hydrogens is 254 g/mol. The van der Waals surface area contributed by atoms with Crippen molar-refractivity contribution < 1.29 is 12.6 Å². The van der Waals surface area contributed by atoms with Crippen molar-refractivity contribution in [2.45, 2.75) is 13.5 Å². The minimum Gasteiger partial charge on any atom is -0.264 e. The average molecular weight is 265 g/mol. The third kappa shape index (κ3) is 2.50. The number of rotatable bonds is 3. The minimum atomic E-state index is -3.51. The molecule has 6 nitrogen and oxygen atoms in total. The van der Waals surface area contributed by atoms with Gasteiger partial charge in [-0.05, 0) is 25.0 Å². The summed E-state index contributed by atoms with van der Waals surface area (Å²) < 4.78 is 28.2. The zero-order chi connectivity index (χ0) is 13.3. The maximum absolute atomic E-state index is 11.0. The molecule has 18 heavy (non-hydrogen) atoms. The summed E-state index contributed by atoms with van der Waals surface area (Å²) >= 11 is 0. The first kappa shape index (κ1) is 12.5. The van der Waals surface area contributed by atoms with Crippen LogP contribution in [-0.4, -0.2) is 29.3 Å². The van der Waals surface area contributed by atoms with Crippen LogP contribution >= 0.6 is 0 Å². The Morgan fingerprint density at radius 1 is 1.50 bits per heavy atom. The maximum atomic E-state index is 11.0. The molecule has 7 heteroatoms. The fourth-order valence-corrected chi connectivity index (χ4v) is 1.82. The quantitative estimate of drug-likeness (QED) is 0.596. The van der Waals surface area contributed by atoms with Crippen LogP contribution in [0.1, 0.15) is 17.1 Å². The first-order valence-electron chi connectivity index (χ1n) is 5.07. The summed E-state index contributed by atoms with van der Waals surface area (Å²) in [5.41, 5.74) is 2.26. The molecule has 0 amide bonds. The van der Waals surface area contributed by atoms with E-state index in [0.29, 0.717) is 22.7 Å². The summed E-state index contributed by atoms with van der Waals surface area (Å²) in [6, 6.07) is 3.39. The molecular formula is C11H11N3O3S. The Labute approximate surface area is 105 Å². The molecule has 0 unspecified atom stereocenters. The molecule has 0 aromatic carbocycles. The van der Waals surface area contributed by atoms with Crippen LogP contribution in [0.25, 0.3) is 5.65 Å². The Morgan fingerprint density at radius 3 is 2.83 bits per heavy atom. The molecule has 0 atom stereocenters. The van der Waals surface area contributed by atoms with Crippen LogP contribution in [0.15, 0.2) is 12.1 Å². The summed E-state index contributed by atoms with van der Waals surface area (Å²) in [4.78, 5) is 4.25. The molecule has 2 rings (SSSR count). The van der Waals surface area contributed by atoms with Gasteiger partial charge in [-0.15, -0.1) is 6.42 Å². The second-order valence-electron chi connectivity index (χ2n) is 3.74. The monoisotopic (exact) mass is 265 g/mol. The molecule has 0 aliphatic carbocycles. The third-order valence-electron chi connectivity index (χ3n) is 2.33. The molecule has 0 spiro atoms. The van der Waals surface area contributed by atoms with Crippen LogP contribution in [0.5, 0.6) is 0 Å². The van der Waals surface area contributed by atoms with E-state index in [1.165, 1.54) is 4.52 Å². The molecule has 0 N–H and O–H groups in total. The third-order valence-corrected chi connectivity index (χ3v) is 2.87. The second-order valence-corrected chi connectivity index (χ2v) is 5.39. The molecule has 0 bridgehead atoms. The summed E-state index contributed by atoms with van der Waals surface area (Å²) in [5.74, 6) is 2.41. The van der Waals surface area contributed by atoms with E-state index in [9.17, 15) is 8.42 Å². The Hall–Kier alpha value is -1.91. The van der Waals surface area contributed by atoms with E-state index >= 15 is 0 Å². The summed E-state index contributed by atoms with van der Waals surface area (Å²) in [6.07, 6.45) is 6.26. The molecule has 2 aromatic heterocycles. The number of fused-ring (bicyclic) bond motifs is 1. The van der Waals surface area contributed by atoms with E-state index in [0.717, 1.165) is 6.26 Å². The number of aromatic nitrogens is 3. The number of hydrogen-bond donors (Lipinski definition) is 0. The SMILES string of the molecule is C#Cc1ccc2nc(C)c(COS(C)(=O)=O)n2n1. The van der Waals surface area contributed by atoms with Crippen LogP contribution in [0.4, 0.5) is 0 Å². The van der Waals surface area contributed by atoms with Gasteiger partial charge in [-0.2, -0.15) is 13.5 Å². The molecule has 94 valence electrons. The molecule has 0 saturated carbocycles. The largest absolute Gasteiger partial charge is 0.264 e. The van der Waals surface area contributed by atoms with E-state index in [1.807, 2.05) is 0 Å². The molecule has 0 aliphatic rings. The van der Waals surface area contributed by atoms with Gasteiger partial charge in [0.25, 0.3) is 10.1 Å². The molecule has 0 fully saturated rings. The van der Waals surface area contributed by atoms with E-state index in [1.54, 1.807) is 19.1 Å². The predicted molar refractivity (Wildman–Crippen MR) is 65.3 cm³/mol. The minimum absolute atomic E-state index is 0.118. The lowest BCUT2D eigenvalue weighted by Crippen LogP contribution is -2.07. The van der Waals surface area contributed by atoms with Crippen LogP contribution in [0.2, 0.25) is 0 Å². The van der Waals surface area contributed by atoms with Gasteiger partial charge in [0, 0.05) is 0 Å². The van der Waals surface area contributed by atoms with Gasteiger partial charge >= 0.3 is 0 Å². The first-order chi connectivity index (χ1) is 8.40. The number of nitrogens with zero attached hydrogens (tertiary/aromatic N) is 3. The van der Waals surface area contributed by atoms with Gasteiger partial charge in [-0.3, -0.25) is 4.18 Å². The highest BCUT2D eigenvalue weighted by Crippen LogP contribution is 2.13. The van der Waals surface area contributed by atoms with Gasteiger partial charge in [0.05, 0.1) is 17.6 Å². The van der Waals surface area contributed by atoms with Crippen molar-refractivity contribution in [1.82, 2.24) is 14.6 Å². The molecule has 2 aromatic rings. The Kier molecular flexibility index (Phi) is 3.07. The van der Waals surface area contributed by atoms with Crippen LogP contribution in [0.3, 0.4) is 0 Å². The van der Waals surface area contributed by atoms with Crippen molar-refractivity contribution in [3.63, 3.8) is 0 Å². The summed E-state index contributed by atoms with van der Waals surface area (Å²) in [5, 5.41) is 4.16. The molecule has 0 aliphatic heterocycles. The lowest BCUT2D eigenvalue weighted by Gasteiger charge is -2.02. The Bertz CT molecular complexity index is 741. The smallest absolute Gasteiger partial charge is 0.264 e. The van der Waals surface area contributed by atoms with Gasteiger partial charge in [-0.1, -0.05) is 0 Å². The zero-order valence-electron chi connectivity index (χ0n) is 9.91. The highest BCUT2D eigenvalue weighted by molar-refractivity contribution is 7.85. The van der Waals surface area contributed by atoms with Gasteiger partial charge < -0.3 is 0 Å². The van der Waals surface area contributed by atoms with Crippen molar-refractivity contribution in [2.75, 3.05) is 6.26 Å².